The first-order chi connectivity index (χ1) is 7.02. The average molecular weight is 222 g/mol. The van der Waals surface area contributed by atoms with E-state index >= 15 is 0 Å². The molecule has 0 heterocycles. The Bertz CT molecular complexity index is 234. The maximum Gasteiger partial charge on any atom is 0.294 e. The molecule has 15 heavy (non-hydrogen) atoms. The number of hydrogen-bond acceptors (Lipinski definition) is 7. The molecule has 0 aromatic carbocycles. The topological polar surface area (TPSA) is 125 Å². The standard InChI is InChI=1S/C6H10N2O7/c9-3-4-1-5(14-7(10)11)6(2-4)15-8(12)13/h4-6,9H,1-3H2. The lowest BCUT2D eigenvalue weighted by molar-refractivity contribution is -0.797. The van der Waals surface area contributed by atoms with Crippen LogP contribution >= 0.6 is 0 Å². The second kappa shape index (κ2) is 4.73. The zero-order valence-corrected chi connectivity index (χ0v) is 7.64. The van der Waals surface area contributed by atoms with Crippen molar-refractivity contribution in [3.8, 4) is 0 Å². The van der Waals surface area contributed by atoms with E-state index in [-0.39, 0.29) is 25.4 Å². The Labute approximate surface area is 83.8 Å². The second-order valence-electron chi connectivity index (χ2n) is 3.25. The van der Waals surface area contributed by atoms with Gasteiger partial charge in [0.05, 0.1) is 0 Å². The summed E-state index contributed by atoms with van der Waals surface area (Å²) in [6.07, 6.45) is -1.61. The maximum absolute atomic E-state index is 10.1. The number of rotatable bonds is 5. The van der Waals surface area contributed by atoms with Crippen LogP contribution in [0.5, 0.6) is 0 Å². The minimum atomic E-state index is -1.01. The van der Waals surface area contributed by atoms with E-state index in [1.807, 2.05) is 0 Å². The van der Waals surface area contributed by atoms with Crippen molar-refractivity contribution in [2.24, 2.45) is 5.92 Å². The van der Waals surface area contributed by atoms with Gasteiger partial charge in [0.25, 0.3) is 10.2 Å². The predicted molar refractivity (Wildman–Crippen MR) is 43.5 cm³/mol. The Kier molecular flexibility index (Phi) is 3.61. The normalized spacial score (nSPS) is 29.8. The molecule has 2 atom stereocenters. The Hall–Kier alpha value is -1.64. The molecule has 1 N–H and O–H groups in total. The first-order valence-corrected chi connectivity index (χ1v) is 4.26. The van der Waals surface area contributed by atoms with Gasteiger partial charge in [-0.05, 0) is 18.8 Å². The van der Waals surface area contributed by atoms with Crippen LogP contribution in [-0.2, 0) is 9.68 Å². The SMILES string of the molecule is O=[N+]([O-])OC1CC(CO)CC1O[N+](=O)[O-]. The summed E-state index contributed by atoms with van der Waals surface area (Å²) in [5.74, 6) is -0.264. The molecule has 0 aliphatic heterocycles. The molecule has 0 spiro atoms. The molecule has 1 saturated carbocycles. The van der Waals surface area contributed by atoms with Gasteiger partial charge in [-0.25, -0.2) is 0 Å². The fourth-order valence-corrected chi connectivity index (χ4v) is 1.65. The summed E-state index contributed by atoms with van der Waals surface area (Å²) in [6, 6.07) is 0. The van der Waals surface area contributed by atoms with Gasteiger partial charge in [0.2, 0.25) is 0 Å². The Morgan fingerprint density at radius 1 is 1.13 bits per heavy atom. The Morgan fingerprint density at radius 2 is 1.53 bits per heavy atom. The first-order valence-electron chi connectivity index (χ1n) is 4.26. The smallest absolute Gasteiger partial charge is 0.294 e. The summed E-state index contributed by atoms with van der Waals surface area (Å²) in [5, 5.41) is 26.9. The molecule has 0 aromatic heterocycles. The quantitative estimate of drug-likeness (QED) is 0.492. The summed E-state index contributed by atoms with van der Waals surface area (Å²) in [7, 11) is 0. The molecule has 1 aliphatic rings. The number of aliphatic hydroxyl groups excluding tert-OH is 1. The van der Waals surface area contributed by atoms with Crippen molar-refractivity contribution in [3.05, 3.63) is 20.2 Å². The molecule has 0 radical (unpaired) electrons. The molecule has 9 heteroatoms. The van der Waals surface area contributed by atoms with E-state index < -0.39 is 22.4 Å². The summed E-state index contributed by atoms with van der Waals surface area (Å²) < 4.78 is 0. The van der Waals surface area contributed by atoms with Crippen molar-refractivity contribution in [1.82, 2.24) is 0 Å². The Morgan fingerprint density at radius 3 is 1.80 bits per heavy atom. The summed E-state index contributed by atoms with van der Waals surface area (Å²) in [5.41, 5.74) is 0. The highest BCUT2D eigenvalue weighted by Gasteiger charge is 2.39. The molecule has 2 unspecified atom stereocenters. The molecule has 1 aliphatic carbocycles. The van der Waals surface area contributed by atoms with E-state index in [4.69, 9.17) is 5.11 Å². The van der Waals surface area contributed by atoms with Gasteiger partial charge in [-0.3, -0.25) is 0 Å². The van der Waals surface area contributed by atoms with Gasteiger partial charge in [-0.1, -0.05) is 0 Å². The minimum Gasteiger partial charge on any atom is -0.396 e. The van der Waals surface area contributed by atoms with Crippen molar-refractivity contribution in [2.75, 3.05) is 6.61 Å². The highest BCUT2D eigenvalue weighted by atomic mass is 17.0. The fraction of sp³-hybridized carbons (Fsp3) is 1.00. The fourth-order valence-electron chi connectivity index (χ4n) is 1.65. The molecular formula is C6H10N2O7. The van der Waals surface area contributed by atoms with Crippen LogP contribution in [0, 0.1) is 26.1 Å². The second-order valence-corrected chi connectivity index (χ2v) is 3.25. The summed E-state index contributed by atoms with van der Waals surface area (Å²) in [4.78, 5) is 28.6. The summed E-state index contributed by atoms with van der Waals surface area (Å²) in [6.45, 7) is -0.199. The molecule has 0 saturated heterocycles. The van der Waals surface area contributed by atoms with E-state index in [1.165, 1.54) is 0 Å². The van der Waals surface area contributed by atoms with Crippen LogP contribution in [0.2, 0.25) is 0 Å². The van der Waals surface area contributed by atoms with Gasteiger partial charge in [0, 0.05) is 6.61 Å². The van der Waals surface area contributed by atoms with E-state index in [2.05, 4.69) is 9.68 Å². The zero-order valence-electron chi connectivity index (χ0n) is 7.64. The highest BCUT2D eigenvalue weighted by Crippen LogP contribution is 2.30. The van der Waals surface area contributed by atoms with E-state index in [9.17, 15) is 20.2 Å². The monoisotopic (exact) mass is 222 g/mol. The van der Waals surface area contributed by atoms with Crippen LogP contribution < -0.4 is 0 Å². The van der Waals surface area contributed by atoms with E-state index in [0.717, 1.165) is 0 Å². The number of nitrogens with zero attached hydrogens (tertiary/aromatic N) is 2. The molecule has 0 bridgehead atoms. The Balaban J connectivity index is 2.56. The number of hydrogen-bond donors (Lipinski definition) is 1. The van der Waals surface area contributed by atoms with Gasteiger partial charge in [-0.2, -0.15) is 0 Å². The molecule has 0 aromatic rings. The van der Waals surface area contributed by atoms with Gasteiger partial charge >= 0.3 is 0 Å². The highest BCUT2D eigenvalue weighted by molar-refractivity contribution is 4.83. The molecule has 1 fully saturated rings. The largest absolute Gasteiger partial charge is 0.396 e. The van der Waals surface area contributed by atoms with Crippen molar-refractivity contribution in [2.45, 2.75) is 25.0 Å². The summed E-state index contributed by atoms with van der Waals surface area (Å²) >= 11 is 0. The predicted octanol–water partition coefficient (Wildman–Crippen LogP) is -0.457. The third-order valence-electron chi connectivity index (χ3n) is 2.25. The lowest BCUT2D eigenvalue weighted by atomic mass is 10.1. The van der Waals surface area contributed by atoms with Gasteiger partial charge in [-0.15, -0.1) is 20.2 Å². The average Bonchev–Trinajstić information content (AvgIpc) is 2.46. The van der Waals surface area contributed by atoms with E-state index in [1.54, 1.807) is 0 Å². The molecular weight excluding hydrogens is 212 g/mol. The molecule has 86 valence electrons. The van der Waals surface area contributed by atoms with Crippen LogP contribution in [-0.4, -0.2) is 34.1 Å². The minimum absolute atomic E-state index is 0.177. The van der Waals surface area contributed by atoms with Crippen molar-refractivity contribution >= 4 is 0 Å². The lowest BCUT2D eigenvalue weighted by Crippen LogP contribution is -2.30. The van der Waals surface area contributed by atoms with E-state index in [0.29, 0.717) is 0 Å². The first kappa shape index (κ1) is 11.4. The third kappa shape index (κ3) is 3.20. The molecule has 1 rings (SSSR count). The maximum atomic E-state index is 10.1. The third-order valence-corrected chi connectivity index (χ3v) is 2.25. The number of aliphatic hydroxyl groups is 1. The lowest BCUT2D eigenvalue weighted by Gasteiger charge is -2.14. The van der Waals surface area contributed by atoms with Crippen LogP contribution in [0.4, 0.5) is 0 Å². The van der Waals surface area contributed by atoms with Crippen molar-refractivity contribution in [3.63, 3.8) is 0 Å². The van der Waals surface area contributed by atoms with Crippen molar-refractivity contribution in [1.29, 1.82) is 0 Å². The van der Waals surface area contributed by atoms with Crippen LogP contribution in [0.3, 0.4) is 0 Å². The van der Waals surface area contributed by atoms with Crippen molar-refractivity contribution < 1.29 is 25.0 Å². The van der Waals surface area contributed by atoms with Gasteiger partial charge < -0.3 is 14.8 Å². The van der Waals surface area contributed by atoms with Gasteiger partial charge in [0.1, 0.15) is 12.2 Å². The van der Waals surface area contributed by atoms with Gasteiger partial charge in [0.15, 0.2) is 0 Å². The van der Waals surface area contributed by atoms with Crippen LogP contribution in [0.15, 0.2) is 0 Å². The van der Waals surface area contributed by atoms with Crippen LogP contribution in [0.1, 0.15) is 12.8 Å². The molecule has 0 amide bonds. The zero-order chi connectivity index (χ0) is 11.4. The molecule has 9 nitrogen and oxygen atoms in total. The van der Waals surface area contributed by atoms with Crippen LogP contribution in [0.25, 0.3) is 0 Å².